The van der Waals surface area contributed by atoms with Gasteiger partial charge in [0.05, 0.1) is 13.7 Å². The molecular weight excluding hydrogens is 308 g/mol. The van der Waals surface area contributed by atoms with Crippen molar-refractivity contribution in [2.75, 3.05) is 13.7 Å². The zero-order valence-corrected chi connectivity index (χ0v) is 12.1. The van der Waals surface area contributed by atoms with E-state index in [1.165, 1.54) is 0 Å². The molecular formula is C6H20BCl2N3O7. The van der Waals surface area contributed by atoms with E-state index in [9.17, 15) is 9.59 Å². The van der Waals surface area contributed by atoms with Gasteiger partial charge in [-0.3, -0.25) is 0 Å². The minimum Gasteiger partial charge on any atom is -0.466 e. The lowest BCUT2D eigenvalue weighted by Gasteiger charge is -2.13. The molecule has 0 rings (SSSR count). The predicted molar refractivity (Wildman–Crippen MR) is 70.6 cm³/mol. The maximum Gasteiger partial charge on any atom is 0.631 e. The third-order valence-electron chi connectivity index (χ3n) is 0.974. The summed E-state index contributed by atoms with van der Waals surface area (Å²) in [5, 5.41) is 21.5. The third kappa shape index (κ3) is 15.3. The first-order chi connectivity index (χ1) is 7.19. The van der Waals surface area contributed by atoms with Crippen molar-refractivity contribution in [1.82, 2.24) is 18.5 Å². The largest absolute Gasteiger partial charge is 0.631 e. The summed E-state index contributed by atoms with van der Waals surface area (Å²) >= 11 is 10.7. The molecule has 0 spiro atoms. The lowest BCUT2D eigenvalue weighted by atomic mass is 10.3. The Labute approximate surface area is 120 Å². The van der Waals surface area contributed by atoms with E-state index < -0.39 is 23.6 Å². The van der Waals surface area contributed by atoms with Gasteiger partial charge in [0.15, 0.2) is 0 Å². The van der Waals surface area contributed by atoms with Crippen LogP contribution in [-0.4, -0.2) is 52.4 Å². The number of hydrogen-bond acceptors (Lipinski definition) is 10. The van der Waals surface area contributed by atoms with Gasteiger partial charge in [-0.05, 0) is 6.92 Å². The molecule has 0 aliphatic rings. The van der Waals surface area contributed by atoms with Crippen molar-refractivity contribution >= 4 is 42.5 Å². The van der Waals surface area contributed by atoms with Crippen LogP contribution in [0.25, 0.3) is 0 Å². The average Bonchev–Trinajstić information content (AvgIpc) is 2.15. The molecule has 0 unspecified atom stereocenters. The number of rotatable bonds is 3. The van der Waals surface area contributed by atoms with Crippen LogP contribution in [-0.2, 0) is 19.1 Å². The minimum atomic E-state index is -2.26. The van der Waals surface area contributed by atoms with Gasteiger partial charge in [-0.25, -0.2) is 9.59 Å². The van der Waals surface area contributed by atoms with Crippen LogP contribution in [0.15, 0.2) is 0 Å². The van der Waals surface area contributed by atoms with Crippen LogP contribution in [0.3, 0.4) is 0 Å². The molecule has 0 saturated carbocycles. The topological polar surface area (TPSA) is 218 Å². The van der Waals surface area contributed by atoms with Gasteiger partial charge in [-0.1, -0.05) is 23.2 Å². The molecule has 118 valence electrons. The summed E-state index contributed by atoms with van der Waals surface area (Å²) in [7, 11) is -1.10. The van der Waals surface area contributed by atoms with Gasteiger partial charge in [-0.15, -0.1) is 0 Å². The number of ether oxygens (including phenoxy) is 2. The van der Waals surface area contributed by atoms with Crippen LogP contribution in [0.5, 0.6) is 0 Å². The maximum absolute atomic E-state index is 10.9. The normalized spacial score (nSPS) is 8.16. The second-order valence-electron chi connectivity index (χ2n) is 2.13. The Morgan fingerprint density at radius 3 is 1.63 bits per heavy atom. The molecule has 0 fully saturated rings. The van der Waals surface area contributed by atoms with E-state index in [0.29, 0.717) is 0 Å². The Morgan fingerprint density at radius 1 is 1.11 bits per heavy atom. The Morgan fingerprint density at radius 2 is 1.42 bits per heavy atom. The summed E-state index contributed by atoms with van der Waals surface area (Å²) in [6.45, 7) is 1.66. The molecule has 0 saturated heterocycles. The number of carbonyl (C=O) groups excluding carboxylic acids is 2. The summed E-state index contributed by atoms with van der Waals surface area (Å²) in [5.41, 5.74) is 0. The molecule has 10 nitrogen and oxygen atoms in total. The molecule has 0 aliphatic carbocycles. The lowest BCUT2D eigenvalue weighted by Crippen LogP contribution is -2.38. The lowest BCUT2D eigenvalue weighted by molar-refractivity contribution is -0.154. The van der Waals surface area contributed by atoms with Crippen LogP contribution < -0.4 is 18.5 Å². The van der Waals surface area contributed by atoms with Crippen molar-refractivity contribution in [3.63, 3.8) is 0 Å². The Kier molecular flexibility index (Phi) is 25.1. The molecule has 0 amide bonds. The van der Waals surface area contributed by atoms with Gasteiger partial charge < -0.3 is 43.0 Å². The molecule has 0 bridgehead atoms. The molecule has 0 heterocycles. The van der Waals surface area contributed by atoms with Crippen LogP contribution in [0.4, 0.5) is 0 Å². The van der Waals surface area contributed by atoms with Crippen molar-refractivity contribution in [2.45, 2.75) is 11.3 Å². The van der Waals surface area contributed by atoms with Crippen molar-refractivity contribution in [3.8, 4) is 0 Å². The van der Waals surface area contributed by atoms with Gasteiger partial charge in [-0.2, -0.15) is 0 Å². The molecule has 0 aliphatic heterocycles. The highest BCUT2D eigenvalue weighted by molar-refractivity contribution is 6.66. The first-order valence-electron chi connectivity index (χ1n) is 3.87. The van der Waals surface area contributed by atoms with Crippen LogP contribution in [0, 0.1) is 0 Å². The standard InChI is InChI=1S/C6H8Cl2O4.BH3O3.3H3N/c1-3-12-5(10)6(7,8)4(9)11-2;2-1(3)4;;;/h3H2,1-2H3;2-4H;3*1H3. The van der Waals surface area contributed by atoms with E-state index in [1.807, 2.05) is 0 Å². The number of hydrogen-bond donors (Lipinski definition) is 6. The first-order valence-corrected chi connectivity index (χ1v) is 4.63. The van der Waals surface area contributed by atoms with Crippen molar-refractivity contribution < 1.29 is 34.1 Å². The number of methoxy groups -OCH3 is 1. The third-order valence-corrected chi connectivity index (χ3v) is 1.59. The zero-order valence-electron chi connectivity index (χ0n) is 10.6. The zero-order chi connectivity index (χ0) is 13.4. The van der Waals surface area contributed by atoms with E-state index >= 15 is 0 Å². The van der Waals surface area contributed by atoms with Gasteiger partial charge >= 0.3 is 23.6 Å². The SMILES string of the molecule is CCOC(=O)C(Cl)(Cl)C(=O)OC.N.N.N.OB(O)O. The fraction of sp³-hybridized carbons (Fsp3) is 0.667. The number of esters is 2. The minimum absolute atomic E-state index is 0. The Bertz CT molecular complexity index is 242. The van der Waals surface area contributed by atoms with E-state index in [1.54, 1.807) is 6.92 Å². The number of alkyl halides is 2. The predicted octanol–water partition coefficient (Wildman–Crippen LogP) is -0.669. The van der Waals surface area contributed by atoms with Crippen molar-refractivity contribution in [3.05, 3.63) is 0 Å². The molecule has 0 aromatic heterocycles. The van der Waals surface area contributed by atoms with Crippen molar-refractivity contribution in [2.24, 2.45) is 0 Å². The average molecular weight is 328 g/mol. The maximum atomic E-state index is 10.9. The summed E-state index contributed by atoms with van der Waals surface area (Å²) in [6, 6.07) is 0. The molecule has 13 heteroatoms. The first kappa shape index (κ1) is 31.0. The van der Waals surface area contributed by atoms with E-state index in [4.69, 9.17) is 38.3 Å². The summed E-state index contributed by atoms with van der Waals surface area (Å²) < 4.78 is 6.35. The van der Waals surface area contributed by atoms with Gasteiger partial charge in [0.25, 0.3) is 0 Å². The molecule has 12 N–H and O–H groups in total. The highest BCUT2D eigenvalue weighted by Gasteiger charge is 2.45. The second-order valence-corrected chi connectivity index (χ2v) is 3.46. The monoisotopic (exact) mass is 327 g/mol. The van der Waals surface area contributed by atoms with E-state index in [-0.39, 0.29) is 25.1 Å². The smallest absolute Gasteiger partial charge is 0.466 e. The van der Waals surface area contributed by atoms with Gasteiger partial charge in [0.1, 0.15) is 0 Å². The number of halogens is 2. The number of carbonyl (C=O) groups is 2. The Hall–Kier alpha value is -0.655. The van der Waals surface area contributed by atoms with Crippen molar-refractivity contribution in [1.29, 1.82) is 0 Å². The highest BCUT2D eigenvalue weighted by Crippen LogP contribution is 2.24. The quantitative estimate of drug-likeness (QED) is 0.166. The highest BCUT2D eigenvalue weighted by atomic mass is 35.5. The molecule has 0 aromatic carbocycles. The Balaban J connectivity index is -0.0000000827. The van der Waals surface area contributed by atoms with Crippen LogP contribution in [0.1, 0.15) is 6.92 Å². The second kappa shape index (κ2) is 15.4. The summed E-state index contributed by atoms with van der Waals surface area (Å²) in [5.74, 6) is -2.08. The van der Waals surface area contributed by atoms with E-state index in [0.717, 1.165) is 7.11 Å². The summed E-state index contributed by atoms with van der Waals surface area (Å²) in [4.78, 5) is 21.6. The molecule has 0 radical (unpaired) electrons. The van der Waals surface area contributed by atoms with Crippen LogP contribution in [0.2, 0.25) is 0 Å². The molecule has 19 heavy (non-hydrogen) atoms. The molecule has 0 atom stereocenters. The fourth-order valence-corrected chi connectivity index (χ4v) is 0.697. The fourth-order valence-electron chi connectivity index (χ4n) is 0.433. The summed E-state index contributed by atoms with van der Waals surface area (Å²) in [6.07, 6.45) is 0. The molecule has 0 aromatic rings. The van der Waals surface area contributed by atoms with E-state index in [2.05, 4.69) is 9.47 Å². The van der Waals surface area contributed by atoms with Gasteiger partial charge in [0.2, 0.25) is 0 Å². The van der Waals surface area contributed by atoms with Gasteiger partial charge in [0, 0.05) is 0 Å². The van der Waals surface area contributed by atoms with Crippen LogP contribution >= 0.6 is 23.2 Å².